The highest BCUT2D eigenvalue weighted by Gasteiger charge is 2.33. The summed E-state index contributed by atoms with van der Waals surface area (Å²) in [7, 11) is -3.50. The first-order valence-corrected chi connectivity index (χ1v) is 15.0. The van der Waals surface area contributed by atoms with Crippen molar-refractivity contribution in [2.75, 3.05) is 24.3 Å². The monoisotopic (exact) mass is 602 g/mol. The molecule has 40 heavy (non-hydrogen) atoms. The number of carboxylic acid groups (broad SMARTS) is 1. The van der Waals surface area contributed by atoms with Gasteiger partial charge in [0.05, 0.1) is 32.8 Å². The second-order valence-electron chi connectivity index (χ2n) is 9.66. The van der Waals surface area contributed by atoms with Crippen LogP contribution >= 0.6 is 23.2 Å². The fraction of sp³-hybridized carbons (Fsp3) is 0.250. The molecular formula is C28H24Cl2N2O7S. The van der Waals surface area contributed by atoms with Gasteiger partial charge in [0, 0.05) is 31.2 Å². The normalized spacial score (nSPS) is 14.7. The van der Waals surface area contributed by atoms with Crippen LogP contribution in [0.15, 0.2) is 53.4 Å². The van der Waals surface area contributed by atoms with Gasteiger partial charge in [0.2, 0.25) is 0 Å². The minimum absolute atomic E-state index is 0.0378. The zero-order chi connectivity index (χ0) is 28.8. The van der Waals surface area contributed by atoms with Crippen molar-refractivity contribution in [3.63, 3.8) is 0 Å². The number of benzene rings is 3. The SMILES string of the molecule is CS(=O)(=O)c1cccc(C[C@H](NC(=O)c2c(Cl)cc3c(c2Cl)CCN3C(=O)c2ccc3c(c2)OCC3)C(=O)O)c1. The maximum Gasteiger partial charge on any atom is 0.326 e. The summed E-state index contributed by atoms with van der Waals surface area (Å²) in [5, 5.41) is 12.2. The summed E-state index contributed by atoms with van der Waals surface area (Å²) in [5.41, 5.74) is 2.83. The Bertz CT molecular complexity index is 1670. The van der Waals surface area contributed by atoms with E-state index in [-0.39, 0.29) is 32.8 Å². The number of hydrogen-bond donors (Lipinski definition) is 2. The van der Waals surface area contributed by atoms with Crippen LogP contribution in [0, 0.1) is 0 Å². The van der Waals surface area contributed by atoms with Gasteiger partial charge < -0.3 is 20.1 Å². The molecule has 0 aromatic heterocycles. The molecule has 2 aliphatic heterocycles. The van der Waals surface area contributed by atoms with Crippen LogP contribution in [0.2, 0.25) is 10.0 Å². The third-order valence-corrected chi connectivity index (χ3v) is 8.78. The predicted molar refractivity (Wildman–Crippen MR) is 150 cm³/mol. The van der Waals surface area contributed by atoms with E-state index < -0.39 is 27.8 Å². The molecule has 0 saturated carbocycles. The Hall–Kier alpha value is -3.60. The lowest BCUT2D eigenvalue weighted by Gasteiger charge is -2.20. The molecule has 0 saturated heterocycles. The molecule has 1 atom stereocenters. The second kappa shape index (κ2) is 10.8. The van der Waals surface area contributed by atoms with Gasteiger partial charge in [-0.2, -0.15) is 0 Å². The van der Waals surface area contributed by atoms with E-state index in [0.717, 1.165) is 18.2 Å². The summed E-state index contributed by atoms with van der Waals surface area (Å²) in [6.07, 6.45) is 2.05. The molecule has 0 bridgehead atoms. The average Bonchev–Trinajstić information content (AvgIpc) is 3.54. The number of carbonyl (C=O) groups is 3. The van der Waals surface area contributed by atoms with E-state index in [4.69, 9.17) is 27.9 Å². The highest BCUT2D eigenvalue weighted by atomic mass is 35.5. The summed E-state index contributed by atoms with van der Waals surface area (Å²) in [4.78, 5) is 40.1. The van der Waals surface area contributed by atoms with Gasteiger partial charge in [-0.1, -0.05) is 41.4 Å². The van der Waals surface area contributed by atoms with Crippen LogP contribution in [0.4, 0.5) is 5.69 Å². The Kier molecular flexibility index (Phi) is 7.52. The Labute approximate surface area is 240 Å². The minimum atomic E-state index is -3.50. The van der Waals surface area contributed by atoms with Gasteiger partial charge >= 0.3 is 5.97 Å². The molecule has 0 spiro atoms. The third kappa shape index (κ3) is 5.39. The first kappa shape index (κ1) is 27.9. The van der Waals surface area contributed by atoms with Crippen LogP contribution in [0.1, 0.15) is 37.4 Å². The number of nitrogens with zero attached hydrogens (tertiary/aromatic N) is 1. The number of amides is 2. The predicted octanol–water partition coefficient (Wildman–Crippen LogP) is 3.96. The van der Waals surface area contributed by atoms with Crippen molar-refractivity contribution in [1.82, 2.24) is 5.32 Å². The van der Waals surface area contributed by atoms with Gasteiger partial charge in [0.15, 0.2) is 9.84 Å². The number of sulfone groups is 1. The average molecular weight is 603 g/mol. The van der Waals surface area contributed by atoms with Gasteiger partial charge in [0.25, 0.3) is 11.8 Å². The van der Waals surface area contributed by atoms with Crippen LogP contribution in [0.25, 0.3) is 0 Å². The van der Waals surface area contributed by atoms with Crippen molar-refractivity contribution >= 4 is 56.5 Å². The van der Waals surface area contributed by atoms with E-state index in [9.17, 15) is 27.9 Å². The summed E-state index contributed by atoms with van der Waals surface area (Å²) in [6.45, 7) is 0.896. The molecule has 12 heteroatoms. The van der Waals surface area contributed by atoms with Crippen molar-refractivity contribution in [3.8, 4) is 5.75 Å². The number of carboxylic acids is 1. The fourth-order valence-electron chi connectivity index (χ4n) is 4.91. The van der Waals surface area contributed by atoms with Crippen molar-refractivity contribution in [3.05, 3.63) is 86.4 Å². The quantitative estimate of drug-likeness (QED) is 0.418. The molecule has 2 aliphatic rings. The van der Waals surface area contributed by atoms with Crippen molar-refractivity contribution in [2.24, 2.45) is 0 Å². The van der Waals surface area contributed by atoms with Crippen LogP contribution in [-0.4, -0.2) is 56.8 Å². The number of ether oxygens (including phenoxy) is 1. The van der Waals surface area contributed by atoms with Gasteiger partial charge in [0.1, 0.15) is 11.8 Å². The molecule has 5 rings (SSSR count). The second-order valence-corrected chi connectivity index (χ2v) is 12.5. The van der Waals surface area contributed by atoms with Crippen LogP contribution in [0.5, 0.6) is 5.75 Å². The third-order valence-electron chi connectivity index (χ3n) is 6.96. The van der Waals surface area contributed by atoms with E-state index in [0.29, 0.717) is 47.7 Å². The van der Waals surface area contributed by atoms with Gasteiger partial charge in [-0.25, -0.2) is 13.2 Å². The molecule has 0 fully saturated rings. The zero-order valence-electron chi connectivity index (χ0n) is 21.2. The highest BCUT2D eigenvalue weighted by Crippen LogP contribution is 2.41. The molecule has 2 amide bonds. The van der Waals surface area contributed by atoms with Crippen molar-refractivity contribution in [1.29, 1.82) is 0 Å². The first-order chi connectivity index (χ1) is 18.9. The van der Waals surface area contributed by atoms with E-state index in [1.165, 1.54) is 24.3 Å². The molecule has 0 unspecified atom stereocenters. The minimum Gasteiger partial charge on any atom is -0.493 e. The Morgan fingerprint density at radius 3 is 2.60 bits per heavy atom. The van der Waals surface area contributed by atoms with E-state index in [1.807, 2.05) is 6.07 Å². The molecular weight excluding hydrogens is 579 g/mol. The van der Waals surface area contributed by atoms with Crippen LogP contribution in [0.3, 0.4) is 0 Å². The largest absolute Gasteiger partial charge is 0.493 e. The number of anilines is 1. The lowest BCUT2D eigenvalue weighted by atomic mass is 10.0. The molecule has 0 aliphatic carbocycles. The first-order valence-electron chi connectivity index (χ1n) is 12.3. The van der Waals surface area contributed by atoms with E-state index in [1.54, 1.807) is 23.1 Å². The molecule has 0 radical (unpaired) electrons. The Morgan fingerprint density at radius 1 is 1.10 bits per heavy atom. The number of halogens is 2. The number of nitrogens with one attached hydrogen (secondary N) is 1. The number of carbonyl (C=O) groups excluding carboxylic acids is 2. The summed E-state index contributed by atoms with van der Waals surface area (Å²) >= 11 is 13.1. The molecule has 208 valence electrons. The van der Waals surface area contributed by atoms with Crippen molar-refractivity contribution < 1.29 is 32.6 Å². The number of aliphatic carboxylic acids is 1. The van der Waals surface area contributed by atoms with Crippen LogP contribution < -0.4 is 15.0 Å². The van der Waals surface area contributed by atoms with E-state index >= 15 is 0 Å². The van der Waals surface area contributed by atoms with Crippen molar-refractivity contribution in [2.45, 2.75) is 30.2 Å². The number of hydrogen-bond acceptors (Lipinski definition) is 6. The highest BCUT2D eigenvalue weighted by molar-refractivity contribution is 7.90. The lowest BCUT2D eigenvalue weighted by Crippen LogP contribution is -2.42. The molecule has 3 aromatic rings. The van der Waals surface area contributed by atoms with Crippen LogP contribution in [-0.2, 0) is 33.9 Å². The maximum atomic E-state index is 13.3. The summed E-state index contributed by atoms with van der Waals surface area (Å²) < 4.78 is 29.3. The topological polar surface area (TPSA) is 130 Å². The lowest BCUT2D eigenvalue weighted by molar-refractivity contribution is -0.139. The van der Waals surface area contributed by atoms with Gasteiger partial charge in [-0.3, -0.25) is 9.59 Å². The fourth-order valence-corrected chi connectivity index (χ4v) is 6.32. The van der Waals surface area contributed by atoms with E-state index in [2.05, 4.69) is 5.32 Å². The van der Waals surface area contributed by atoms with Gasteiger partial charge in [-0.15, -0.1) is 0 Å². The smallest absolute Gasteiger partial charge is 0.326 e. The maximum absolute atomic E-state index is 13.3. The standard InChI is InChI=1S/C28H24Cl2N2O7S/c1-40(37,38)18-4-2-3-15(11-18)12-21(28(35)36)31-26(33)24-20(29)14-22-19(25(24)30)7-9-32(22)27(34)17-6-5-16-8-10-39-23(16)13-17/h2-6,11,13-14,21H,7-10,12H2,1H3,(H,31,33)(H,35,36)/t21-/m0/s1. The summed E-state index contributed by atoms with van der Waals surface area (Å²) in [6, 6.07) is 11.3. The Morgan fingerprint density at radius 2 is 1.88 bits per heavy atom. The zero-order valence-corrected chi connectivity index (χ0v) is 23.6. The van der Waals surface area contributed by atoms with Gasteiger partial charge in [-0.05, 0) is 53.4 Å². The molecule has 3 aromatic carbocycles. The Balaban J connectivity index is 1.38. The molecule has 2 N–H and O–H groups in total. The number of rotatable bonds is 7. The molecule has 2 heterocycles. The molecule has 9 nitrogen and oxygen atoms in total. The summed E-state index contributed by atoms with van der Waals surface area (Å²) in [5.74, 6) is -1.69. The number of fused-ring (bicyclic) bond motifs is 2.